The van der Waals surface area contributed by atoms with E-state index in [4.69, 9.17) is 4.74 Å². The summed E-state index contributed by atoms with van der Waals surface area (Å²) in [5.74, 6) is 0.250. The standard InChI is InChI=1S/C16H18BrNO4S/c1-12(19)11-18(14-6-4-3-5-7-14)23(20,21)16-10-13(17)8-9-15(16)22-2/h3-10,12,19H,11H2,1-2H3. The van der Waals surface area contributed by atoms with Gasteiger partial charge in [0.15, 0.2) is 0 Å². The molecule has 2 aromatic rings. The van der Waals surface area contributed by atoms with Crippen LogP contribution < -0.4 is 9.04 Å². The number of hydrogen-bond acceptors (Lipinski definition) is 4. The van der Waals surface area contributed by atoms with Crippen LogP contribution >= 0.6 is 15.9 Å². The predicted molar refractivity (Wildman–Crippen MR) is 93.3 cm³/mol. The van der Waals surface area contributed by atoms with Crippen LogP contribution in [0.1, 0.15) is 6.92 Å². The van der Waals surface area contributed by atoms with Crippen LogP contribution in [0.2, 0.25) is 0 Å². The summed E-state index contributed by atoms with van der Waals surface area (Å²) in [6, 6.07) is 13.5. The van der Waals surface area contributed by atoms with Crippen molar-refractivity contribution in [3.05, 3.63) is 53.0 Å². The molecule has 5 nitrogen and oxygen atoms in total. The molecule has 23 heavy (non-hydrogen) atoms. The Balaban J connectivity index is 2.59. The second kappa shape index (κ2) is 7.33. The second-order valence-electron chi connectivity index (χ2n) is 5.02. The first-order valence-electron chi connectivity index (χ1n) is 6.95. The molecule has 0 aliphatic rings. The molecule has 0 fully saturated rings. The Morgan fingerprint density at radius 2 is 1.87 bits per heavy atom. The number of nitrogens with zero attached hydrogens (tertiary/aromatic N) is 1. The van der Waals surface area contributed by atoms with E-state index in [2.05, 4.69) is 15.9 Å². The van der Waals surface area contributed by atoms with Gasteiger partial charge < -0.3 is 9.84 Å². The van der Waals surface area contributed by atoms with E-state index >= 15 is 0 Å². The molecule has 1 N–H and O–H groups in total. The number of aliphatic hydroxyl groups excluding tert-OH is 1. The lowest BCUT2D eigenvalue weighted by Gasteiger charge is -2.26. The third-order valence-electron chi connectivity index (χ3n) is 3.17. The Bertz CT molecular complexity index is 763. The monoisotopic (exact) mass is 399 g/mol. The third-order valence-corrected chi connectivity index (χ3v) is 5.48. The number of halogens is 1. The van der Waals surface area contributed by atoms with Gasteiger partial charge in [-0.25, -0.2) is 8.42 Å². The summed E-state index contributed by atoms with van der Waals surface area (Å²) in [4.78, 5) is 0.0406. The molecule has 1 atom stereocenters. The fraction of sp³-hybridized carbons (Fsp3) is 0.250. The van der Waals surface area contributed by atoms with E-state index in [1.54, 1.807) is 49.4 Å². The number of hydrogen-bond donors (Lipinski definition) is 1. The summed E-state index contributed by atoms with van der Waals surface area (Å²) in [5.41, 5.74) is 0.482. The molecule has 0 spiro atoms. The van der Waals surface area contributed by atoms with Gasteiger partial charge in [0.05, 0.1) is 25.4 Å². The van der Waals surface area contributed by atoms with Crippen molar-refractivity contribution in [3.8, 4) is 5.75 Å². The molecule has 0 aliphatic carbocycles. The van der Waals surface area contributed by atoms with E-state index in [1.165, 1.54) is 17.5 Å². The molecular weight excluding hydrogens is 382 g/mol. The third kappa shape index (κ3) is 4.04. The van der Waals surface area contributed by atoms with Gasteiger partial charge in [0.2, 0.25) is 0 Å². The van der Waals surface area contributed by atoms with Crippen LogP contribution in [0, 0.1) is 0 Å². The average Bonchev–Trinajstić information content (AvgIpc) is 2.53. The zero-order chi connectivity index (χ0) is 17.0. The Morgan fingerprint density at radius 3 is 2.43 bits per heavy atom. The molecule has 2 aromatic carbocycles. The quantitative estimate of drug-likeness (QED) is 0.810. The van der Waals surface area contributed by atoms with E-state index in [1.807, 2.05) is 0 Å². The first-order valence-corrected chi connectivity index (χ1v) is 9.19. The number of anilines is 1. The number of sulfonamides is 1. The predicted octanol–water partition coefficient (Wildman–Crippen LogP) is 3.03. The van der Waals surface area contributed by atoms with Crippen LogP contribution in [-0.2, 0) is 10.0 Å². The van der Waals surface area contributed by atoms with Crippen molar-refractivity contribution < 1.29 is 18.3 Å². The van der Waals surface area contributed by atoms with Crippen LogP contribution in [0.15, 0.2) is 57.9 Å². The zero-order valence-electron chi connectivity index (χ0n) is 12.8. The molecule has 0 saturated heterocycles. The maximum absolute atomic E-state index is 13.1. The molecule has 0 amide bonds. The Labute approximate surface area is 144 Å². The van der Waals surface area contributed by atoms with Crippen molar-refractivity contribution in [2.75, 3.05) is 18.0 Å². The maximum Gasteiger partial charge on any atom is 0.268 e. The zero-order valence-corrected chi connectivity index (χ0v) is 15.2. The van der Waals surface area contributed by atoms with Crippen LogP contribution in [0.25, 0.3) is 0 Å². The number of ether oxygens (including phenoxy) is 1. The van der Waals surface area contributed by atoms with Gasteiger partial charge in [-0.15, -0.1) is 0 Å². The Kier molecular flexibility index (Phi) is 5.67. The SMILES string of the molecule is COc1ccc(Br)cc1S(=O)(=O)N(CC(C)O)c1ccccc1. The summed E-state index contributed by atoms with van der Waals surface area (Å²) < 4.78 is 33.2. The van der Waals surface area contributed by atoms with Gasteiger partial charge in [-0.05, 0) is 37.3 Å². The van der Waals surface area contributed by atoms with Crippen molar-refractivity contribution >= 4 is 31.6 Å². The van der Waals surface area contributed by atoms with Crippen molar-refractivity contribution in [1.29, 1.82) is 0 Å². The highest BCUT2D eigenvalue weighted by Gasteiger charge is 2.29. The highest BCUT2D eigenvalue weighted by Crippen LogP contribution is 2.32. The topological polar surface area (TPSA) is 66.8 Å². The Morgan fingerprint density at radius 1 is 1.22 bits per heavy atom. The number of methoxy groups -OCH3 is 1. The number of aliphatic hydroxyl groups is 1. The van der Waals surface area contributed by atoms with E-state index in [0.717, 1.165) is 0 Å². The van der Waals surface area contributed by atoms with Gasteiger partial charge in [0.1, 0.15) is 10.6 Å². The summed E-state index contributed by atoms with van der Waals surface area (Å²) in [7, 11) is -2.48. The van der Waals surface area contributed by atoms with Crippen molar-refractivity contribution in [2.45, 2.75) is 17.9 Å². The Hall–Kier alpha value is -1.57. The fourth-order valence-corrected chi connectivity index (χ4v) is 4.39. The van der Waals surface area contributed by atoms with Crippen LogP contribution in [0.3, 0.4) is 0 Å². The summed E-state index contributed by atoms with van der Waals surface area (Å²) in [5, 5.41) is 9.73. The average molecular weight is 400 g/mol. The molecule has 0 bridgehead atoms. The number of para-hydroxylation sites is 1. The van der Waals surface area contributed by atoms with Crippen LogP contribution in [0.5, 0.6) is 5.75 Å². The first-order chi connectivity index (χ1) is 10.9. The highest BCUT2D eigenvalue weighted by molar-refractivity contribution is 9.10. The lowest BCUT2D eigenvalue weighted by atomic mass is 10.3. The molecule has 7 heteroatoms. The molecule has 2 rings (SSSR count). The maximum atomic E-state index is 13.1. The van der Waals surface area contributed by atoms with Crippen molar-refractivity contribution in [1.82, 2.24) is 0 Å². The van der Waals surface area contributed by atoms with Gasteiger partial charge in [-0.2, -0.15) is 0 Å². The van der Waals surface area contributed by atoms with Gasteiger partial charge in [0.25, 0.3) is 10.0 Å². The van der Waals surface area contributed by atoms with E-state index < -0.39 is 16.1 Å². The highest BCUT2D eigenvalue weighted by atomic mass is 79.9. The fourth-order valence-electron chi connectivity index (χ4n) is 2.15. The molecule has 124 valence electrons. The molecule has 1 unspecified atom stereocenters. The molecule has 0 heterocycles. The van der Waals surface area contributed by atoms with Gasteiger partial charge in [-0.3, -0.25) is 4.31 Å². The molecule has 0 saturated carbocycles. The van der Waals surface area contributed by atoms with Gasteiger partial charge in [-0.1, -0.05) is 34.1 Å². The number of rotatable bonds is 6. The second-order valence-corrected chi connectivity index (χ2v) is 7.76. The molecule has 0 aliphatic heterocycles. The normalized spacial score (nSPS) is 12.7. The first kappa shape index (κ1) is 17.8. The summed E-state index contributed by atoms with van der Waals surface area (Å²) in [6.45, 7) is 1.49. The lowest BCUT2D eigenvalue weighted by molar-refractivity contribution is 0.204. The number of benzene rings is 2. The summed E-state index contributed by atoms with van der Waals surface area (Å²) in [6.07, 6.45) is -0.817. The minimum absolute atomic E-state index is 0.0406. The van der Waals surface area contributed by atoms with Crippen LogP contribution in [0.4, 0.5) is 5.69 Å². The van der Waals surface area contributed by atoms with E-state index in [9.17, 15) is 13.5 Å². The largest absolute Gasteiger partial charge is 0.495 e. The smallest absolute Gasteiger partial charge is 0.268 e. The minimum atomic E-state index is -3.90. The molecule has 0 aromatic heterocycles. The lowest BCUT2D eigenvalue weighted by Crippen LogP contribution is -2.36. The minimum Gasteiger partial charge on any atom is -0.495 e. The van der Waals surface area contributed by atoms with Gasteiger partial charge in [0, 0.05) is 4.47 Å². The summed E-state index contributed by atoms with van der Waals surface area (Å²) >= 11 is 3.29. The van der Waals surface area contributed by atoms with Crippen molar-refractivity contribution in [3.63, 3.8) is 0 Å². The van der Waals surface area contributed by atoms with Crippen molar-refractivity contribution in [2.24, 2.45) is 0 Å². The molecule has 0 radical (unpaired) electrons. The molecular formula is C16H18BrNO4S. The van der Waals surface area contributed by atoms with E-state index in [0.29, 0.717) is 10.2 Å². The van der Waals surface area contributed by atoms with E-state index in [-0.39, 0.29) is 17.2 Å². The van der Waals surface area contributed by atoms with Crippen LogP contribution in [-0.4, -0.2) is 33.3 Å². The van der Waals surface area contributed by atoms with Gasteiger partial charge >= 0.3 is 0 Å².